The van der Waals surface area contributed by atoms with Gasteiger partial charge >= 0.3 is 0 Å². The third-order valence-electron chi connectivity index (χ3n) is 6.72. The maximum Gasteiger partial charge on any atom is 0.277 e. The van der Waals surface area contributed by atoms with Gasteiger partial charge in [-0.1, -0.05) is 56.7 Å². The number of hydrogen-bond donors (Lipinski definition) is 1. The summed E-state index contributed by atoms with van der Waals surface area (Å²) < 4.78 is 28.7. The number of aryl methyl sites for hydroxylation is 2. The third kappa shape index (κ3) is 5.47. The predicted molar refractivity (Wildman–Crippen MR) is 148 cm³/mol. The minimum atomic E-state index is -4.52. The van der Waals surface area contributed by atoms with E-state index < -0.39 is 32.2 Å². The molecule has 0 unspecified atom stereocenters. The van der Waals surface area contributed by atoms with Gasteiger partial charge in [0.15, 0.2) is 5.03 Å². The van der Waals surface area contributed by atoms with Crippen LogP contribution >= 0.6 is 0 Å². The van der Waals surface area contributed by atoms with Gasteiger partial charge in [0.2, 0.25) is 20.6 Å². The fraction of sp³-hybridized carbons (Fsp3) is 0.267. The number of nitrogens with zero attached hydrogens (tertiary/aromatic N) is 4. The van der Waals surface area contributed by atoms with E-state index in [4.69, 9.17) is 0 Å². The van der Waals surface area contributed by atoms with Crippen molar-refractivity contribution < 1.29 is 13.5 Å². The lowest BCUT2D eigenvalue weighted by Gasteiger charge is -2.23. The van der Waals surface area contributed by atoms with Crippen molar-refractivity contribution in [3.05, 3.63) is 99.7 Å². The Morgan fingerprint density at radius 1 is 1.08 bits per heavy atom. The molecule has 1 N–H and O–H groups in total. The SMILES string of the molecule is CCCCc1nc(O)c(S(=O)(=O)c2ccc(-c3ccccc3C)cn2)c(=O)n1[C@@H](CC)c1cccc(C#N)c1. The Morgan fingerprint density at radius 2 is 1.85 bits per heavy atom. The number of unbranched alkanes of at least 4 members (excludes halogenated alkanes) is 1. The summed E-state index contributed by atoms with van der Waals surface area (Å²) in [6, 6.07) is 19.0. The Labute approximate surface area is 228 Å². The molecule has 8 nitrogen and oxygen atoms in total. The first-order valence-electron chi connectivity index (χ1n) is 12.8. The zero-order valence-corrected chi connectivity index (χ0v) is 22.9. The van der Waals surface area contributed by atoms with E-state index in [9.17, 15) is 23.6 Å². The molecule has 2 aromatic carbocycles. The molecule has 4 aromatic rings. The van der Waals surface area contributed by atoms with Crippen molar-refractivity contribution >= 4 is 9.84 Å². The quantitative estimate of drug-likeness (QED) is 0.301. The molecule has 0 bridgehead atoms. The van der Waals surface area contributed by atoms with Gasteiger partial charge in [0.25, 0.3) is 5.56 Å². The molecule has 0 spiro atoms. The second kappa shape index (κ2) is 11.6. The van der Waals surface area contributed by atoms with Crippen LogP contribution < -0.4 is 5.56 Å². The average molecular weight is 543 g/mol. The van der Waals surface area contributed by atoms with E-state index in [-0.39, 0.29) is 10.9 Å². The summed E-state index contributed by atoms with van der Waals surface area (Å²) >= 11 is 0. The molecule has 9 heteroatoms. The van der Waals surface area contributed by atoms with E-state index >= 15 is 0 Å². The number of rotatable bonds is 9. The van der Waals surface area contributed by atoms with Gasteiger partial charge in [-0.05, 0) is 60.7 Å². The van der Waals surface area contributed by atoms with Gasteiger partial charge in [-0.2, -0.15) is 10.2 Å². The molecule has 39 heavy (non-hydrogen) atoms. The number of benzene rings is 2. The molecule has 0 aliphatic carbocycles. The lowest BCUT2D eigenvalue weighted by atomic mass is 10.0. The maximum absolute atomic E-state index is 13.9. The summed E-state index contributed by atoms with van der Waals surface area (Å²) in [5.41, 5.74) is 2.87. The zero-order valence-electron chi connectivity index (χ0n) is 22.1. The first-order chi connectivity index (χ1) is 18.7. The molecule has 2 aromatic heterocycles. The van der Waals surface area contributed by atoms with Gasteiger partial charge in [-0.25, -0.2) is 13.4 Å². The Balaban J connectivity index is 1.88. The van der Waals surface area contributed by atoms with Crippen LogP contribution in [0.4, 0.5) is 0 Å². The molecule has 2 heterocycles. The number of pyridine rings is 1. The maximum atomic E-state index is 13.9. The van der Waals surface area contributed by atoms with Crippen LogP contribution in [0.3, 0.4) is 0 Å². The van der Waals surface area contributed by atoms with E-state index in [1.807, 2.05) is 45.0 Å². The fourth-order valence-corrected chi connectivity index (χ4v) is 5.96. The van der Waals surface area contributed by atoms with Crippen LogP contribution in [0.1, 0.15) is 61.7 Å². The molecular weight excluding hydrogens is 512 g/mol. The molecule has 4 rings (SSSR count). The summed E-state index contributed by atoms with van der Waals surface area (Å²) in [6.45, 7) is 5.80. The largest absolute Gasteiger partial charge is 0.492 e. The lowest BCUT2D eigenvalue weighted by molar-refractivity contribution is 0.406. The highest BCUT2D eigenvalue weighted by Gasteiger charge is 2.32. The van der Waals surface area contributed by atoms with Crippen LogP contribution in [-0.2, 0) is 16.3 Å². The van der Waals surface area contributed by atoms with Gasteiger partial charge < -0.3 is 5.11 Å². The average Bonchev–Trinajstić information content (AvgIpc) is 2.94. The molecule has 0 fully saturated rings. The number of nitriles is 1. The normalized spacial score (nSPS) is 12.2. The van der Waals surface area contributed by atoms with E-state index in [1.54, 1.807) is 30.3 Å². The summed E-state index contributed by atoms with van der Waals surface area (Å²) in [5.74, 6) is -0.553. The highest BCUT2D eigenvalue weighted by molar-refractivity contribution is 7.91. The van der Waals surface area contributed by atoms with Crippen LogP contribution in [0.15, 0.2) is 81.6 Å². The van der Waals surface area contributed by atoms with Crippen LogP contribution in [0.5, 0.6) is 5.88 Å². The van der Waals surface area contributed by atoms with Crippen LogP contribution in [0.2, 0.25) is 0 Å². The highest BCUT2D eigenvalue weighted by atomic mass is 32.2. The summed E-state index contributed by atoms with van der Waals surface area (Å²) in [4.78, 5) is 21.5. The smallest absolute Gasteiger partial charge is 0.277 e. The zero-order chi connectivity index (χ0) is 28.2. The molecule has 1 atom stereocenters. The van der Waals surface area contributed by atoms with Gasteiger partial charge in [0, 0.05) is 18.2 Å². The number of hydrogen-bond acceptors (Lipinski definition) is 7. The summed E-state index contributed by atoms with van der Waals surface area (Å²) in [5, 5.41) is 19.8. The van der Waals surface area contributed by atoms with Gasteiger partial charge in [-0.15, -0.1) is 0 Å². The van der Waals surface area contributed by atoms with E-state index in [1.165, 1.54) is 16.8 Å². The second-order valence-electron chi connectivity index (χ2n) is 9.32. The molecule has 0 saturated carbocycles. The van der Waals surface area contributed by atoms with E-state index in [2.05, 4.69) is 16.0 Å². The number of sulfone groups is 1. The molecule has 0 saturated heterocycles. The molecular formula is C30H30N4O4S. The van der Waals surface area contributed by atoms with Crippen molar-refractivity contribution in [3.63, 3.8) is 0 Å². The Morgan fingerprint density at radius 3 is 2.49 bits per heavy atom. The standard InChI is InChI=1S/C30H30N4O4S/c1-4-6-14-26-33-29(35)28(30(36)34(26)25(5-2)22-12-9-11-21(17-22)18-31)39(37,38)27-16-15-23(19-32-27)24-13-8-7-10-20(24)3/h7-13,15-17,19,25,35H,4-6,14H2,1-3H3/t25-/m0/s1. The molecule has 200 valence electrons. The molecule has 0 aliphatic heterocycles. The van der Waals surface area contributed by atoms with Gasteiger partial charge in [-0.3, -0.25) is 9.36 Å². The van der Waals surface area contributed by atoms with E-state index in [0.29, 0.717) is 30.4 Å². The topological polar surface area (TPSA) is 126 Å². The van der Waals surface area contributed by atoms with Crippen LogP contribution in [0, 0.1) is 18.3 Å². The van der Waals surface area contributed by atoms with Crippen molar-refractivity contribution in [1.29, 1.82) is 5.26 Å². The molecule has 0 aliphatic rings. The third-order valence-corrected chi connectivity index (χ3v) is 8.41. The van der Waals surface area contributed by atoms with Crippen molar-refractivity contribution in [1.82, 2.24) is 14.5 Å². The number of aromatic hydroxyl groups is 1. The minimum Gasteiger partial charge on any atom is -0.492 e. The fourth-order valence-electron chi connectivity index (χ4n) is 4.70. The first kappa shape index (κ1) is 27.7. The number of aromatic nitrogens is 3. The summed E-state index contributed by atoms with van der Waals surface area (Å²) in [6.07, 6.45) is 3.75. The van der Waals surface area contributed by atoms with Crippen molar-refractivity contribution in [2.45, 2.75) is 62.4 Å². The molecule has 0 amide bonds. The minimum absolute atomic E-state index is 0.287. The second-order valence-corrected chi connectivity index (χ2v) is 11.2. The van der Waals surface area contributed by atoms with Gasteiger partial charge in [0.05, 0.1) is 17.7 Å². The van der Waals surface area contributed by atoms with Crippen LogP contribution in [0.25, 0.3) is 11.1 Å². The lowest BCUT2D eigenvalue weighted by Crippen LogP contribution is -2.33. The van der Waals surface area contributed by atoms with Crippen molar-refractivity contribution in [2.24, 2.45) is 0 Å². The van der Waals surface area contributed by atoms with Gasteiger partial charge in [0.1, 0.15) is 5.82 Å². The highest BCUT2D eigenvalue weighted by Crippen LogP contribution is 2.30. The first-order valence-corrected chi connectivity index (χ1v) is 14.3. The predicted octanol–water partition coefficient (Wildman–Crippen LogP) is 5.37. The van der Waals surface area contributed by atoms with Crippen LogP contribution in [-0.4, -0.2) is 28.1 Å². The Hall–Kier alpha value is -4.29. The van der Waals surface area contributed by atoms with E-state index in [0.717, 1.165) is 23.1 Å². The Bertz CT molecular complexity index is 1700. The summed E-state index contributed by atoms with van der Waals surface area (Å²) in [7, 11) is -4.52. The monoisotopic (exact) mass is 542 g/mol. The molecule has 0 radical (unpaired) electrons. The van der Waals surface area contributed by atoms with Crippen molar-refractivity contribution in [3.8, 4) is 23.1 Å². The van der Waals surface area contributed by atoms with Crippen molar-refractivity contribution in [2.75, 3.05) is 0 Å². The Kier molecular flexibility index (Phi) is 8.27.